The molecule has 1 aliphatic rings. The monoisotopic (exact) mass is 382 g/mol. The van der Waals surface area contributed by atoms with E-state index in [0.29, 0.717) is 6.54 Å². The summed E-state index contributed by atoms with van der Waals surface area (Å²) in [6.45, 7) is 8.37. The van der Waals surface area contributed by atoms with Crippen LogP contribution in [0.3, 0.4) is 0 Å². The lowest BCUT2D eigenvalue weighted by molar-refractivity contribution is -0.129. The Labute approximate surface area is 165 Å². The summed E-state index contributed by atoms with van der Waals surface area (Å²) >= 11 is 0. The van der Waals surface area contributed by atoms with Gasteiger partial charge in [0.1, 0.15) is 0 Å². The van der Waals surface area contributed by atoms with Gasteiger partial charge in [-0.1, -0.05) is 19.1 Å². The summed E-state index contributed by atoms with van der Waals surface area (Å²) < 4.78 is 5.22. The predicted octanol–water partition coefficient (Wildman–Crippen LogP) is 4.11. The van der Waals surface area contributed by atoms with E-state index >= 15 is 0 Å². The van der Waals surface area contributed by atoms with Crippen LogP contribution in [0, 0.1) is 0 Å². The van der Waals surface area contributed by atoms with E-state index in [2.05, 4.69) is 18.7 Å². The molecule has 0 fully saturated rings. The van der Waals surface area contributed by atoms with Crippen molar-refractivity contribution in [1.82, 2.24) is 4.90 Å². The highest BCUT2D eigenvalue weighted by molar-refractivity contribution is 6.15. The van der Waals surface area contributed by atoms with Crippen molar-refractivity contribution < 1.29 is 19.1 Å². The van der Waals surface area contributed by atoms with Crippen molar-refractivity contribution in [1.29, 1.82) is 0 Å². The summed E-state index contributed by atoms with van der Waals surface area (Å²) in [5.74, 6) is -1.37. The highest BCUT2D eigenvalue weighted by atomic mass is 16.3. The zero-order valence-electron chi connectivity index (χ0n) is 16.5. The van der Waals surface area contributed by atoms with Crippen LogP contribution in [-0.4, -0.2) is 41.3 Å². The number of furan rings is 1. The van der Waals surface area contributed by atoms with Crippen LogP contribution in [0.5, 0.6) is 0 Å². The standard InChI is InChI=1S/C22H26N2O4/c1-4-13-24-19(15-9-11-16(12-10-15)23(5-2)6-3)18(21(26)22(24)27)20(25)17-8-7-14-28-17/h7-12,14,19,26H,4-6,13H2,1-3H3. The second kappa shape index (κ2) is 8.33. The van der Waals surface area contributed by atoms with Crippen LogP contribution in [0.15, 0.2) is 58.4 Å². The van der Waals surface area contributed by atoms with E-state index in [9.17, 15) is 14.7 Å². The molecule has 1 aromatic heterocycles. The van der Waals surface area contributed by atoms with Gasteiger partial charge in [-0.3, -0.25) is 9.59 Å². The fraction of sp³-hybridized carbons (Fsp3) is 0.364. The zero-order chi connectivity index (χ0) is 20.3. The first kappa shape index (κ1) is 19.7. The fourth-order valence-electron chi connectivity index (χ4n) is 3.70. The van der Waals surface area contributed by atoms with Gasteiger partial charge in [0.05, 0.1) is 17.9 Å². The Morgan fingerprint density at radius 2 is 1.82 bits per heavy atom. The number of Topliss-reactive ketones (excluding diaryl/α,β-unsaturated/α-hetero) is 1. The van der Waals surface area contributed by atoms with Crippen LogP contribution in [0.25, 0.3) is 0 Å². The molecule has 0 spiro atoms. The van der Waals surface area contributed by atoms with Gasteiger partial charge in [0.15, 0.2) is 11.5 Å². The molecule has 1 aliphatic heterocycles. The van der Waals surface area contributed by atoms with Crippen molar-refractivity contribution in [3.8, 4) is 0 Å². The SMILES string of the molecule is CCCN1C(=O)C(O)=C(C(=O)c2ccco2)C1c1ccc(N(CC)CC)cc1. The third-order valence-corrected chi connectivity index (χ3v) is 5.10. The van der Waals surface area contributed by atoms with Crippen LogP contribution in [-0.2, 0) is 4.79 Å². The van der Waals surface area contributed by atoms with Crippen LogP contribution in [0.2, 0.25) is 0 Å². The second-order valence-corrected chi connectivity index (χ2v) is 6.73. The highest BCUT2D eigenvalue weighted by Gasteiger charge is 2.43. The van der Waals surface area contributed by atoms with Crippen LogP contribution < -0.4 is 4.90 Å². The maximum atomic E-state index is 13.0. The van der Waals surface area contributed by atoms with Crippen molar-refractivity contribution in [3.63, 3.8) is 0 Å². The van der Waals surface area contributed by atoms with Crippen LogP contribution in [0.1, 0.15) is 49.4 Å². The lowest BCUT2D eigenvalue weighted by atomic mass is 9.94. The minimum Gasteiger partial charge on any atom is -0.503 e. The molecule has 6 heteroatoms. The lowest BCUT2D eigenvalue weighted by Gasteiger charge is -2.27. The molecule has 0 saturated carbocycles. The number of anilines is 1. The Morgan fingerprint density at radius 1 is 1.14 bits per heavy atom. The summed E-state index contributed by atoms with van der Waals surface area (Å²) in [5.41, 5.74) is 1.94. The number of hydrogen-bond donors (Lipinski definition) is 1. The second-order valence-electron chi connectivity index (χ2n) is 6.73. The van der Waals surface area contributed by atoms with E-state index in [1.54, 1.807) is 11.0 Å². The van der Waals surface area contributed by atoms with Crippen molar-refractivity contribution in [3.05, 3.63) is 65.3 Å². The first-order valence-electron chi connectivity index (χ1n) is 9.70. The molecule has 3 rings (SSSR count). The highest BCUT2D eigenvalue weighted by Crippen LogP contribution is 2.39. The molecule has 6 nitrogen and oxygen atoms in total. The first-order chi connectivity index (χ1) is 13.5. The minimum atomic E-state index is -0.629. The molecule has 28 heavy (non-hydrogen) atoms. The number of carbonyl (C=O) groups is 2. The molecule has 148 valence electrons. The van der Waals surface area contributed by atoms with E-state index in [-0.39, 0.29) is 11.3 Å². The number of aliphatic hydroxyl groups is 1. The third kappa shape index (κ3) is 3.42. The molecule has 2 heterocycles. The zero-order valence-corrected chi connectivity index (χ0v) is 16.5. The van der Waals surface area contributed by atoms with Crippen molar-refractivity contribution in [2.75, 3.05) is 24.5 Å². The average Bonchev–Trinajstić information content (AvgIpc) is 3.33. The normalized spacial score (nSPS) is 16.8. The Balaban J connectivity index is 2.03. The van der Waals surface area contributed by atoms with Gasteiger partial charge in [-0.15, -0.1) is 0 Å². The molecule has 0 aliphatic carbocycles. The molecule has 2 aromatic rings. The number of rotatable bonds is 8. The largest absolute Gasteiger partial charge is 0.503 e. The topological polar surface area (TPSA) is 74.0 Å². The molecule has 1 unspecified atom stereocenters. The quantitative estimate of drug-likeness (QED) is 0.696. The Hall–Kier alpha value is -3.02. The summed E-state index contributed by atoms with van der Waals surface area (Å²) in [7, 11) is 0. The molecular weight excluding hydrogens is 356 g/mol. The number of ketones is 1. The van der Waals surface area contributed by atoms with Crippen molar-refractivity contribution in [2.45, 2.75) is 33.2 Å². The average molecular weight is 382 g/mol. The van der Waals surface area contributed by atoms with Gasteiger partial charge in [0.25, 0.3) is 5.91 Å². The number of aliphatic hydroxyl groups excluding tert-OH is 1. The van der Waals surface area contributed by atoms with Gasteiger partial charge < -0.3 is 19.3 Å². The summed E-state index contributed by atoms with van der Waals surface area (Å²) in [5, 5.41) is 10.5. The molecule has 1 atom stereocenters. The predicted molar refractivity (Wildman–Crippen MR) is 107 cm³/mol. The minimum absolute atomic E-state index is 0.0731. The van der Waals surface area contributed by atoms with Crippen LogP contribution >= 0.6 is 0 Å². The van der Waals surface area contributed by atoms with Gasteiger partial charge in [-0.25, -0.2) is 0 Å². The van der Waals surface area contributed by atoms with Gasteiger partial charge in [-0.05, 0) is 50.1 Å². The van der Waals surface area contributed by atoms with Crippen molar-refractivity contribution >= 4 is 17.4 Å². The van der Waals surface area contributed by atoms with E-state index in [0.717, 1.165) is 30.8 Å². The number of carbonyl (C=O) groups excluding carboxylic acids is 2. The molecular formula is C22H26N2O4. The summed E-state index contributed by atoms with van der Waals surface area (Å²) in [6.07, 6.45) is 2.12. The first-order valence-corrected chi connectivity index (χ1v) is 9.70. The van der Waals surface area contributed by atoms with Crippen molar-refractivity contribution in [2.24, 2.45) is 0 Å². The number of nitrogens with zero attached hydrogens (tertiary/aromatic N) is 2. The van der Waals surface area contributed by atoms with E-state index in [1.807, 2.05) is 31.2 Å². The molecule has 1 aromatic carbocycles. The van der Waals surface area contributed by atoms with E-state index < -0.39 is 23.5 Å². The van der Waals surface area contributed by atoms with E-state index in [1.165, 1.54) is 12.3 Å². The fourth-order valence-corrected chi connectivity index (χ4v) is 3.70. The maximum Gasteiger partial charge on any atom is 0.290 e. The number of benzene rings is 1. The Kier molecular flexibility index (Phi) is 5.87. The van der Waals surface area contributed by atoms with Gasteiger partial charge in [0, 0.05) is 25.3 Å². The van der Waals surface area contributed by atoms with Gasteiger partial charge in [-0.2, -0.15) is 0 Å². The molecule has 0 radical (unpaired) electrons. The maximum absolute atomic E-state index is 13.0. The summed E-state index contributed by atoms with van der Waals surface area (Å²) in [4.78, 5) is 29.4. The van der Waals surface area contributed by atoms with Gasteiger partial charge >= 0.3 is 0 Å². The number of hydrogen-bond acceptors (Lipinski definition) is 5. The number of amides is 1. The van der Waals surface area contributed by atoms with Crippen LogP contribution in [0.4, 0.5) is 5.69 Å². The van der Waals surface area contributed by atoms with E-state index in [4.69, 9.17) is 4.42 Å². The molecule has 0 saturated heterocycles. The molecule has 1 N–H and O–H groups in total. The van der Waals surface area contributed by atoms with Gasteiger partial charge in [0.2, 0.25) is 5.78 Å². The molecule has 0 bridgehead atoms. The Bertz CT molecular complexity index is 864. The molecule has 1 amide bonds. The Morgan fingerprint density at radius 3 is 2.36 bits per heavy atom. The summed E-state index contributed by atoms with van der Waals surface area (Å²) in [6, 6.07) is 10.3. The smallest absolute Gasteiger partial charge is 0.290 e. The third-order valence-electron chi connectivity index (χ3n) is 5.10. The lowest BCUT2D eigenvalue weighted by Crippen LogP contribution is -2.31.